The van der Waals surface area contributed by atoms with Crippen LogP contribution >= 0.6 is 0 Å². The monoisotopic (exact) mass is 1340 g/mol. The van der Waals surface area contributed by atoms with Crippen LogP contribution < -0.4 is 5.32 Å². The van der Waals surface area contributed by atoms with Gasteiger partial charge in [0.25, 0.3) is 0 Å². The first kappa shape index (κ1) is 86.5. The number of carbonyl (C=O) groups excluding carboxylic acids is 1. The normalized spacial score (nSPS) is 27.4. The Morgan fingerprint density at radius 1 is 0.372 bits per heavy atom. The van der Waals surface area contributed by atoms with Crippen molar-refractivity contribution in [3.63, 3.8) is 0 Å². The molecule has 3 heterocycles. The van der Waals surface area contributed by atoms with Gasteiger partial charge in [-0.3, -0.25) is 4.79 Å². The molecule has 0 aliphatic carbocycles. The molecule has 12 N–H and O–H groups in total. The molecule has 17 atom stereocenters. The summed E-state index contributed by atoms with van der Waals surface area (Å²) in [4.78, 5) is 13.4. The molecule has 1 amide bonds. The van der Waals surface area contributed by atoms with E-state index >= 15 is 0 Å². The topological polar surface area (TPSA) is 307 Å². The largest absolute Gasteiger partial charge is 0.394 e. The fraction of sp³-hybridized carbons (Fsp3) is 0.933. The smallest absolute Gasteiger partial charge is 0.220 e. The van der Waals surface area contributed by atoms with Gasteiger partial charge in [0.05, 0.1) is 38.6 Å². The van der Waals surface area contributed by atoms with E-state index < -0.39 is 124 Å². The van der Waals surface area contributed by atoms with Crippen LogP contribution in [0, 0.1) is 0 Å². The van der Waals surface area contributed by atoms with Gasteiger partial charge in [-0.15, -0.1) is 0 Å². The number of unbranched alkanes of at least 4 members (excludes halogenated alkanes) is 43. The van der Waals surface area contributed by atoms with E-state index in [4.69, 9.17) is 28.4 Å². The summed E-state index contributed by atoms with van der Waals surface area (Å²) < 4.78 is 34.4. The Labute approximate surface area is 568 Å². The molecule has 554 valence electrons. The summed E-state index contributed by atoms with van der Waals surface area (Å²) in [6.07, 6.45) is 40.2. The summed E-state index contributed by atoms with van der Waals surface area (Å²) in [5.41, 5.74) is 0. The van der Waals surface area contributed by atoms with Crippen LogP contribution in [0.25, 0.3) is 0 Å². The average molecular weight is 1340 g/mol. The SMILES string of the molecule is CCCCCCCCCC/C=C\CCCCCCCCCCCCCCCCCCCCCC(=O)NC(COC1OC(CO)C(OC2OC(CO)C(OC3OC(CO)C(O)C(O)C3O)C(O)C2O)C(O)C1O)C(O)/C=C/CCCCCCCCCCCCCCCCCC. The van der Waals surface area contributed by atoms with Gasteiger partial charge in [-0.05, 0) is 44.9 Å². The van der Waals surface area contributed by atoms with E-state index in [2.05, 4.69) is 31.3 Å². The molecule has 3 fully saturated rings. The molecule has 0 spiro atoms. The molecule has 0 radical (unpaired) electrons. The molecule has 0 aromatic carbocycles. The van der Waals surface area contributed by atoms with Crippen molar-refractivity contribution in [3.8, 4) is 0 Å². The maximum Gasteiger partial charge on any atom is 0.220 e. The lowest BCUT2D eigenvalue weighted by molar-refractivity contribution is -0.379. The maximum absolute atomic E-state index is 13.4. The summed E-state index contributed by atoms with van der Waals surface area (Å²) in [6, 6.07) is -0.971. The Bertz CT molecular complexity index is 1800. The van der Waals surface area contributed by atoms with Gasteiger partial charge in [0.15, 0.2) is 18.9 Å². The summed E-state index contributed by atoms with van der Waals surface area (Å²) in [7, 11) is 0. The predicted octanol–water partition coefficient (Wildman–Crippen LogP) is 11.8. The van der Waals surface area contributed by atoms with Crippen molar-refractivity contribution in [2.75, 3.05) is 26.4 Å². The number of nitrogens with one attached hydrogen (secondary N) is 1. The number of hydrogen-bond donors (Lipinski definition) is 12. The summed E-state index contributed by atoms with van der Waals surface area (Å²) in [5, 5.41) is 121. The molecule has 0 aromatic rings. The van der Waals surface area contributed by atoms with Crippen molar-refractivity contribution >= 4 is 5.91 Å². The molecule has 19 heteroatoms. The van der Waals surface area contributed by atoms with E-state index in [1.54, 1.807) is 6.08 Å². The quantitative estimate of drug-likeness (QED) is 0.0199. The standard InChI is InChI=1S/C75H141NO18/c1-3-5-7-9-11-13-15-17-19-21-23-24-25-26-27-28-29-30-31-32-33-34-35-37-39-41-43-45-47-49-51-53-63(81)76-58(59(80)52-50-48-46-44-42-40-38-36-22-20-18-16-14-12-10-8-6-4-2)57-89-73-69(87)66(84)71(61(55-78)91-73)94-75-70(88)67(85)72(62(56-79)92-75)93-74-68(86)65(83)64(82)60(54-77)90-74/h21,23,50,52,58-62,64-75,77-80,82-88H,3-20,22,24-49,51,53-57H2,1-2H3,(H,76,81)/b23-21-,52-50+. The minimum Gasteiger partial charge on any atom is -0.394 e. The molecule has 3 aliphatic heterocycles. The van der Waals surface area contributed by atoms with Crippen molar-refractivity contribution < 1.29 is 89.4 Å². The highest BCUT2D eigenvalue weighted by Crippen LogP contribution is 2.33. The zero-order valence-corrected chi connectivity index (χ0v) is 59.0. The van der Waals surface area contributed by atoms with E-state index in [0.717, 1.165) is 44.9 Å². The fourth-order valence-corrected chi connectivity index (χ4v) is 13.2. The number of rotatable bonds is 61. The Balaban J connectivity index is 1.37. The van der Waals surface area contributed by atoms with Gasteiger partial charge in [-0.1, -0.05) is 289 Å². The van der Waals surface area contributed by atoms with Gasteiger partial charge in [-0.2, -0.15) is 0 Å². The lowest BCUT2D eigenvalue weighted by Gasteiger charge is -2.48. The maximum atomic E-state index is 13.4. The minimum atomic E-state index is -1.98. The zero-order chi connectivity index (χ0) is 68.2. The van der Waals surface area contributed by atoms with Crippen LogP contribution in [-0.4, -0.2) is 193 Å². The predicted molar refractivity (Wildman–Crippen MR) is 370 cm³/mol. The number of ether oxygens (including phenoxy) is 6. The van der Waals surface area contributed by atoms with Crippen molar-refractivity contribution in [1.82, 2.24) is 5.32 Å². The van der Waals surface area contributed by atoms with Crippen LogP contribution in [0.15, 0.2) is 24.3 Å². The molecule has 19 nitrogen and oxygen atoms in total. The van der Waals surface area contributed by atoms with Gasteiger partial charge in [-0.25, -0.2) is 0 Å². The van der Waals surface area contributed by atoms with Crippen LogP contribution in [0.5, 0.6) is 0 Å². The molecule has 0 bridgehead atoms. The second-order valence-corrected chi connectivity index (χ2v) is 27.8. The van der Waals surface area contributed by atoms with Crippen LogP contribution in [0.2, 0.25) is 0 Å². The fourth-order valence-electron chi connectivity index (χ4n) is 13.2. The van der Waals surface area contributed by atoms with Crippen molar-refractivity contribution in [3.05, 3.63) is 24.3 Å². The van der Waals surface area contributed by atoms with Gasteiger partial charge in [0.1, 0.15) is 73.2 Å². The molecule has 3 saturated heterocycles. The van der Waals surface area contributed by atoms with Crippen molar-refractivity contribution in [2.24, 2.45) is 0 Å². The van der Waals surface area contributed by atoms with Gasteiger partial charge in [0, 0.05) is 6.42 Å². The van der Waals surface area contributed by atoms with Crippen molar-refractivity contribution in [1.29, 1.82) is 0 Å². The van der Waals surface area contributed by atoms with E-state index in [9.17, 15) is 61.0 Å². The van der Waals surface area contributed by atoms with Crippen LogP contribution in [0.3, 0.4) is 0 Å². The zero-order valence-electron chi connectivity index (χ0n) is 59.0. The first-order valence-electron chi connectivity index (χ1n) is 38.6. The van der Waals surface area contributed by atoms with E-state index in [1.807, 2.05) is 6.08 Å². The Kier molecular flexibility index (Phi) is 52.4. The second kappa shape index (κ2) is 57.0. The van der Waals surface area contributed by atoms with Gasteiger partial charge >= 0.3 is 0 Å². The molecule has 3 aliphatic rings. The molecule has 17 unspecified atom stereocenters. The molecule has 0 aromatic heterocycles. The lowest BCUT2D eigenvalue weighted by atomic mass is 9.96. The summed E-state index contributed by atoms with van der Waals surface area (Å²) in [5.74, 6) is -0.269. The highest BCUT2D eigenvalue weighted by Gasteiger charge is 2.53. The van der Waals surface area contributed by atoms with E-state index in [-0.39, 0.29) is 18.9 Å². The molecular formula is C75H141NO18. The molecule has 0 saturated carbocycles. The van der Waals surface area contributed by atoms with Gasteiger partial charge in [0.2, 0.25) is 5.91 Å². The van der Waals surface area contributed by atoms with Gasteiger partial charge < -0.3 is 89.9 Å². The number of carbonyl (C=O) groups is 1. The Morgan fingerprint density at radius 2 is 0.670 bits per heavy atom. The number of aliphatic hydroxyl groups is 11. The van der Waals surface area contributed by atoms with E-state index in [1.165, 1.54) is 244 Å². The highest BCUT2D eigenvalue weighted by atomic mass is 16.8. The highest BCUT2D eigenvalue weighted by molar-refractivity contribution is 5.76. The van der Waals surface area contributed by atoms with Crippen LogP contribution in [0.1, 0.15) is 316 Å². The third-order valence-electron chi connectivity index (χ3n) is 19.5. The first-order valence-corrected chi connectivity index (χ1v) is 38.6. The number of hydrogen-bond acceptors (Lipinski definition) is 18. The lowest BCUT2D eigenvalue weighted by Crippen LogP contribution is -2.66. The summed E-state index contributed by atoms with van der Waals surface area (Å²) >= 11 is 0. The molecule has 94 heavy (non-hydrogen) atoms. The number of amides is 1. The Hall–Kier alpha value is -1.73. The summed E-state index contributed by atoms with van der Waals surface area (Å²) in [6.45, 7) is 1.78. The van der Waals surface area contributed by atoms with Crippen molar-refractivity contribution in [2.45, 2.75) is 420 Å². The third-order valence-corrected chi connectivity index (χ3v) is 19.5. The minimum absolute atomic E-state index is 0.248. The average Bonchev–Trinajstić information content (AvgIpc) is 0.787. The van der Waals surface area contributed by atoms with E-state index in [0.29, 0.717) is 6.42 Å². The number of allylic oxidation sites excluding steroid dienone is 3. The Morgan fingerprint density at radius 3 is 1.03 bits per heavy atom. The molecule has 3 rings (SSSR count). The molecular weight excluding hydrogens is 1200 g/mol. The first-order chi connectivity index (χ1) is 45.8. The third kappa shape index (κ3) is 37.6. The van der Waals surface area contributed by atoms with Crippen LogP contribution in [-0.2, 0) is 33.2 Å². The number of aliphatic hydroxyl groups excluding tert-OH is 11. The second-order valence-electron chi connectivity index (χ2n) is 27.8. The van der Waals surface area contributed by atoms with Crippen LogP contribution in [0.4, 0.5) is 0 Å².